The average Bonchev–Trinajstić information content (AvgIpc) is 3.59. The molecular weight excluding hydrogens is 515 g/mol. The summed E-state index contributed by atoms with van der Waals surface area (Å²) in [6.07, 6.45) is -3.02. The van der Waals surface area contributed by atoms with Crippen LogP contribution in [0.2, 0.25) is 0 Å². The van der Waals surface area contributed by atoms with E-state index in [2.05, 4.69) is 20.4 Å². The number of nitrogen functional groups attached to an aromatic ring is 1. The summed E-state index contributed by atoms with van der Waals surface area (Å²) in [4.78, 5) is 13.9. The summed E-state index contributed by atoms with van der Waals surface area (Å²) in [5, 5.41) is 13.1. The molecule has 0 unspecified atom stereocenters. The highest BCUT2D eigenvalue weighted by Crippen LogP contribution is 2.30. The molecule has 0 fully saturated rings. The van der Waals surface area contributed by atoms with E-state index < -0.39 is 6.36 Å². The number of nitrogens with one attached hydrogen (secondary N) is 1. The molecule has 0 spiro atoms. The second kappa shape index (κ2) is 10.4. The normalized spacial score (nSPS) is 11.3. The van der Waals surface area contributed by atoms with Crippen molar-refractivity contribution in [1.82, 2.24) is 15.0 Å². The van der Waals surface area contributed by atoms with Gasteiger partial charge in [0.1, 0.15) is 11.4 Å². The van der Waals surface area contributed by atoms with Crippen LogP contribution in [0.25, 0.3) is 21.7 Å². The Morgan fingerprint density at radius 2 is 1.74 bits per heavy atom. The molecule has 2 heterocycles. The summed E-state index contributed by atoms with van der Waals surface area (Å²) in [5.74, 6) is -0.587. The van der Waals surface area contributed by atoms with Crippen LogP contribution in [0.3, 0.4) is 0 Å². The number of carbonyl (C=O) groups excluding carboxylic acids is 1. The lowest BCUT2D eigenvalue weighted by Crippen LogP contribution is -2.17. The van der Waals surface area contributed by atoms with Gasteiger partial charge in [-0.3, -0.25) is 4.79 Å². The molecule has 7 nitrogen and oxygen atoms in total. The zero-order valence-corrected chi connectivity index (χ0v) is 20.5. The third-order valence-electron chi connectivity index (χ3n) is 5.59. The van der Waals surface area contributed by atoms with Gasteiger partial charge in [-0.2, -0.15) is 0 Å². The van der Waals surface area contributed by atoms with Crippen molar-refractivity contribution >= 4 is 28.6 Å². The predicted molar refractivity (Wildman–Crippen MR) is 140 cm³/mol. The molecule has 3 aromatic carbocycles. The summed E-state index contributed by atoms with van der Waals surface area (Å²) in [7, 11) is 0. The van der Waals surface area contributed by atoms with Gasteiger partial charge in [-0.1, -0.05) is 41.6 Å². The second-order valence-corrected chi connectivity index (χ2v) is 9.25. The van der Waals surface area contributed by atoms with Gasteiger partial charge in [-0.15, -0.1) is 29.6 Å². The molecule has 5 rings (SSSR count). The van der Waals surface area contributed by atoms with Crippen LogP contribution < -0.4 is 15.8 Å². The number of amides is 1. The SMILES string of the molecule is Nc1ccc(-c2cccs2)cc1NC(=O)c1ccc(-c2cn(Cc3ccc(OC(F)(F)F)cc3)nn2)cc1. The summed E-state index contributed by atoms with van der Waals surface area (Å²) < 4.78 is 42.4. The average molecular weight is 536 g/mol. The fraction of sp³-hybridized carbons (Fsp3) is 0.0741. The second-order valence-electron chi connectivity index (χ2n) is 8.30. The van der Waals surface area contributed by atoms with E-state index in [1.54, 1.807) is 52.5 Å². The van der Waals surface area contributed by atoms with Gasteiger partial charge in [-0.25, -0.2) is 4.68 Å². The number of ether oxygens (including phenoxy) is 1. The first kappa shape index (κ1) is 25.0. The molecule has 192 valence electrons. The zero-order chi connectivity index (χ0) is 26.7. The van der Waals surface area contributed by atoms with Gasteiger partial charge in [0.25, 0.3) is 5.91 Å². The van der Waals surface area contributed by atoms with Gasteiger partial charge in [0.15, 0.2) is 0 Å². The number of thiophene rings is 1. The number of carbonyl (C=O) groups is 1. The molecule has 0 atom stereocenters. The number of hydrogen-bond acceptors (Lipinski definition) is 6. The van der Waals surface area contributed by atoms with Crippen LogP contribution in [-0.4, -0.2) is 27.3 Å². The van der Waals surface area contributed by atoms with Crippen LogP contribution in [0, 0.1) is 0 Å². The summed E-state index contributed by atoms with van der Waals surface area (Å²) in [6.45, 7) is 0.311. The van der Waals surface area contributed by atoms with E-state index in [0.29, 0.717) is 29.2 Å². The maximum Gasteiger partial charge on any atom is 0.573 e. The number of anilines is 2. The zero-order valence-electron chi connectivity index (χ0n) is 19.6. The van der Waals surface area contributed by atoms with Gasteiger partial charge < -0.3 is 15.8 Å². The minimum Gasteiger partial charge on any atom is -0.406 e. The smallest absolute Gasteiger partial charge is 0.406 e. The van der Waals surface area contributed by atoms with Crippen LogP contribution in [-0.2, 0) is 6.54 Å². The van der Waals surface area contributed by atoms with E-state index in [-0.39, 0.29) is 11.7 Å². The lowest BCUT2D eigenvalue weighted by atomic mass is 10.1. The third kappa shape index (κ3) is 6.01. The Labute approximate surface area is 219 Å². The fourth-order valence-electron chi connectivity index (χ4n) is 3.74. The van der Waals surface area contributed by atoms with Crippen molar-refractivity contribution in [3.05, 3.63) is 102 Å². The first-order chi connectivity index (χ1) is 18.2. The highest BCUT2D eigenvalue weighted by Gasteiger charge is 2.30. The van der Waals surface area contributed by atoms with Crippen molar-refractivity contribution in [2.45, 2.75) is 12.9 Å². The Morgan fingerprint density at radius 3 is 2.42 bits per heavy atom. The van der Waals surface area contributed by atoms with E-state index in [1.807, 2.05) is 29.6 Å². The van der Waals surface area contributed by atoms with Crippen molar-refractivity contribution < 1.29 is 22.7 Å². The van der Waals surface area contributed by atoms with Crippen molar-refractivity contribution in [2.24, 2.45) is 0 Å². The Kier molecular flexibility index (Phi) is 6.84. The molecule has 38 heavy (non-hydrogen) atoms. The largest absolute Gasteiger partial charge is 0.573 e. The van der Waals surface area contributed by atoms with Gasteiger partial charge in [0.05, 0.1) is 24.1 Å². The standard InChI is InChI=1S/C27H20F3N5O2S/c28-27(29,30)37-21-10-3-17(4-11-21)15-35-16-24(33-34-35)18-5-7-19(8-6-18)26(36)32-23-14-20(9-12-22(23)31)25-2-1-13-38-25/h1-14,16H,15,31H2,(H,32,36). The highest BCUT2D eigenvalue weighted by molar-refractivity contribution is 7.13. The maximum absolute atomic E-state index is 12.9. The predicted octanol–water partition coefficient (Wildman–Crippen LogP) is 6.46. The van der Waals surface area contributed by atoms with Crippen LogP contribution in [0.15, 0.2) is 90.4 Å². The van der Waals surface area contributed by atoms with E-state index in [4.69, 9.17) is 5.73 Å². The minimum absolute atomic E-state index is 0.289. The Balaban J connectivity index is 1.23. The number of halogens is 3. The van der Waals surface area contributed by atoms with E-state index in [9.17, 15) is 18.0 Å². The Morgan fingerprint density at radius 1 is 1.00 bits per heavy atom. The molecule has 0 aliphatic carbocycles. The van der Waals surface area contributed by atoms with E-state index in [0.717, 1.165) is 21.6 Å². The molecule has 0 aliphatic heterocycles. The Hall–Kier alpha value is -4.64. The molecule has 0 radical (unpaired) electrons. The molecule has 0 aliphatic rings. The number of benzene rings is 3. The summed E-state index contributed by atoms with van der Waals surface area (Å²) >= 11 is 1.60. The van der Waals surface area contributed by atoms with Crippen molar-refractivity contribution in [1.29, 1.82) is 0 Å². The topological polar surface area (TPSA) is 95.1 Å². The lowest BCUT2D eigenvalue weighted by Gasteiger charge is -2.10. The molecule has 1 amide bonds. The van der Waals surface area contributed by atoms with Crippen molar-refractivity contribution in [3.63, 3.8) is 0 Å². The van der Waals surface area contributed by atoms with Gasteiger partial charge >= 0.3 is 6.36 Å². The van der Waals surface area contributed by atoms with E-state index >= 15 is 0 Å². The van der Waals surface area contributed by atoms with Gasteiger partial charge in [0, 0.05) is 16.0 Å². The molecule has 2 aromatic heterocycles. The van der Waals surface area contributed by atoms with Crippen molar-refractivity contribution in [3.8, 4) is 27.4 Å². The fourth-order valence-corrected chi connectivity index (χ4v) is 4.46. The lowest BCUT2D eigenvalue weighted by molar-refractivity contribution is -0.274. The first-order valence-electron chi connectivity index (χ1n) is 11.3. The molecule has 0 saturated carbocycles. The molecular formula is C27H20F3N5O2S. The number of nitrogens with two attached hydrogens (primary N) is 1. The minimum atomic E-state index is -4.73. The quantitative estimate of drug-likeness (QED) is 0.234. The number of alkyl halides is 3. The molecule has 5 aromatic rings. The van der Waals surface area contributed by atoms with Gasteiger partial charge in [0.2, 0.25) is 0 Å². The molecule has 3 N–H and O–H groups in total. The molecule has 0 saturated heterocycles. The van der Waals surface area contributed by atoms with Crippen molar-refractivity contribution in [2.75, 3.05) is 11.1 Å². The van der Waals surface area contributed by atoms with Crippen LogP contribution in [0.5, 0.6) is 5.75 Å². The maximum atomic E-state index is 12.9. The first-order valence-corrected chi connectivity index (χ1v) is 12.2. The van der Waals surface area contributed by atoms with Crippen LogP contribution >= 0.6 is 11.3 Å². The van der Waals surface area contributed by atoms with Crippen LogP contribution in [0.4, 0.5) is 24.5 Å². The third-order valence-corrected chi connectivity index (χ3v) is 6.51. The molecule has 11 heteroatoms. The van der Waals surface area contributed by atoms with Crippen LogP contribution in [0.1, 0.15) is 15.9 Å². The Bertz CT molecular complexity index is 1550. The monoisotopic (exact) mass is 535 g/mol. The summed E-state index contributed by atoms with van der Waals surface area (Å²) in [5.41, 5.74) is 10.6. The number of hydrogen-bond donors (Lipinski definition) is 2. The highest BCUT2D eigenvalue weighted by atomic mass is 32.1. The molecule has 0 bridgehead atoms. The van der Waals surface area contributed by atoms with Gasteiger partial charge in [-0.05, 0) is 59.0 Å². The summed E-state index contributed by atoms with van der Waals surface area (Å²) in [6, 6.07) is 21.9. The van der Waals surface area contributed by atoms with E-state index in [1.165, 1.54) is 24.3 Å². The number of nitrogens with zero attached hydrogens (tertiary/aromatic N) is 3. The number of rotatable bonds is 7. The number of aromatic nitrogens is 3.